The number of nitrogens with zero attached hydrogens (tertiary/aromatic N) is 3. The number of likely N-dealkylation sites (tertiary alicyclic amines) is 1. The largest absolute Gasteiger partial charge is 0.489 e. The van der Waals surface area contributed by atoms with E-state index in [0.29, 0.717) is 37.9 Å². The summed E-state index contributed by atoms with van der Waals surface area (Å²) in [5.41, 5.74) is 0. The number of aliphatic imine (C=N–C) groups is 1. The zero-order valence-corrected chi connectivity index (χ0v) is 18.7. The molecule has 0 bridgehead atoms. The van der Waals surface area contributed by atoms with E-state index in [1.807, 2.05) is 36.1 Å². The van der Waals surface area contributed by atoms with Crippen LogP contribution in [-0.4, -0.2) is 80.3 Å². The Balaban J connectivity index is 1.51. The number of piperidine rings is 1. The molecule has 0 saturated carbocycles. The third-order valence-electron chi connectivity index (χ3n) is 5.43. The van der Waals surface area contributed by atoms with Gasteiger partial charge in [0.2, 0.25) is 5.91 Å². The number of carbonyl (C=O) groups is 1. The van der Waals surface area contributed by atoms with Crippen LogP contribution in [0.15, 0.2) is 29.3 Å². The first kappa shape index (κ1) is 22.7. The normalized spacial score (nSPS) is 19.5. The van der Waals surface area contributed by atoms with Crippen molar-refractivity contribution in [2.24, 2.45) is 10.9 Å². The average Bonchev–Trinajstić information content (AvgIpc) is 2.77. The molecular formula is C22H33ClN4O3. The van der Waals surface area contributed by atoms with Crippen LogP contribution in [-0.2, 0) is 9.53 Å². The lowest BCUT2D eigenvalue weighted by molar-refractivity contribution is -0.140. The summed E-state index contributed by atoms with van der Waals surface area (Å²) in [5.74, 6) is 2.02. The van der Waals surface area contributed by atoms with Gasteiger partial charge in [-0.1, -0.05) is 17.7 Å². The van der Waals surface area contributed by atoms with E-state index in [1.54, 1.807) is 0 Å². The minimum atomic E-state index is -0.0717. The van der Waals surface area contributed by atoms with E-state index < -0.39 is 0 Å². The fourth-order valence-electron chi connectivity index (χ4n) is 3.83. The van der Waals surface area contributed by atoms with E-state index >= 15 is 0 Å². The molecule has 2 aliphatic heterocycles. The minimum Gasteiger partial charge on any atom is -0.489 e. The maximum atomic E-state index is 12.7. The minimum absolute atomic E-state index is 0.0717. The predicted octanol–water partition coefficient (Wildman–Crippen LogP) is 2.64. The van der Waals surface area contributed by atoms with Gasteiger partial charge in [0.1, 0.15) is 11.9 Å². The lowest BCUT2D eigenvalue weighted by Crippen LogP contribution is -2.50. The van der Waals surface area contributed by atoms with Crippen LogP contribution in [0.2, 0.25) is 5.02 Å². The maximum Gasteiger partial charge on any atom is 0.225 e. The van der Waals surface area contributed by atoms with Crippen LogP contribution in [0.4, 0.5) is 0 Å². The summed E-state index contributed by atoms with van der Waals surface area (Å²) in [4.78, 5) is 21.7. The summed E-state index contributed by atoms with van der Waals surface area (Å²) < 4.78 is 11.3. The van der Waals surface area contributed by atoms with Gasteiger partial charge < -0.3 is 24.6 Å². The molecule has 2 fully saturated rings. The highest BCUT2D eigenvalue weighted by atomic mass is 35.5. The Morgan fingerprint density at radius 3 is 2.67 bits per heavy atom. The second kappa shape index (κ2) is 11.4. The highest BCUT2D eigenvalue weighted by Gasteiger charge is 2.30. The molecule has 1 aromatic rings. The van der Waals surface area contributed by atoms with E-state index in [9.17, 15) is 4.79 Å². The SMILES string of the molecule is CCNC(=NCC(C)Oc1cccc(Cl)c1)N1CCC(C(=O)N2CCOCC2)CC1. The Labute approximate surface area is 184 Å². The number of benzene rings is 1. The molecule has 1 atom stereocenters. The van der Waals surface area contributed by atoms with Crippen molar-refractivity contribution in [3.05, 3.63) is 29.3 Å². The number of hydrogen-bond acceptors (Lipinski definition) is 4. The third kappa shape index (κ3) is 6.51. The van der Waals surface area contributed by atoms with Gasteiger partial charge in [-0.25, -0.2) is 4.99 Å². The topological polar surface area (TPSA) is 66.4 Å². The van der Waals surface area contributed by atoms with Crippen LogP contribution in [0, 0.1) is 5.92 Å². The summed E-state index contributed by atoms with van der Waals surface area (Å²) in [6.07, 6.45) is 1.64. The summed E-state index contributed by atoms with van der Waals surface area (Å²) in [5, 5.41) is 4.03. The zero-order valence-electron chi connectivity index (χ0n) is 18.0. The number of ether oxygens (including phenoxy) is 2. The predicted molar refractivity (Wildman–Crippen MR) is 119 cm³/mol. The molecule has 0 aromatic heterocycles. The van der Waals surface area contributed by atoms with Crippen LogP contribution in [0.1, 0.15) is 26.7 Å². The summed E-state index contributed by atoms with van der Waals surface area (Å²) >= 11 is 6.02. The van der Waals surface area contributed by atoms with Gasteiger partial charge in [-0.2, -0.15) is 0 Å². The van der Waals surface area contributed by atoms with Crippen LogP contribution in [0.5, 0.6) is 5.75 Å². The Kier molecular flexibility index (Phi) is 8.63. The molecule has 166 valence electrons. The van der Waals surface area contributed by atoms with Crippen molar-refractivity contribution in [2.75, 3.05) is 52.5 Å². The van der Waals surface area contributed by atoms with Gasteiger partial charge in [0.25, 0.3) is 0 Å². The summed E-state index contributed by atoms with van der Waals surface area (Å²) in [7, 11) is 0. The van der Waals surface area contributed by atoms with Gasteiger partial charge in [-0.15, -0.1) is 0 Å². The Morgan fingerprint density at radius 2 is 2.00 bits per heavy atom. The van der Waals surface area contributed by atoms with Crippen molar-refractivity contribution in [1.29, 1.82) is 0 Å². The molecule has 7 nitrogen and oxygen atoms in total. The van der Waals surface area contributed by atoms with Crippen LogP contribution >= 0.6 is 11.6 Å². The number of carbonyl (C=O) groups excluding carboxylic acids is 1. The molecule has 1 amide bonds. The van der Waals surface area contributed by atoms with Crippen molar-refractivity contribution >= 4 is 23.5 Å². The highest BCUT2D eigenvalue weighted by Crippen LogP contribution is 2.21. The lowest BCUT2D eigenvalue weighted by atomic mass is 9.95. The second-order valence-corrected chi connectivity index (χ2v) is 8.22. The van der Waals surface area contributed by atoms with Crippen LogP contribution in [0.3, 0.4) is 0 Å². The molecule has 0 spiro atoms. The van der Waals surface area contributed by atoms with Gasteiger partial charge in [0.15, 0.2) is 5.96 Å². The van der Waals surface area contributed by atoms with Gasteiger partial charge in [0, 0.05) is 43.7 Å². The second-order valence-electron chi connectivity index (χ2n) is 7.78. The van der Waals surface area contributed by atoms with E-state index in [4.69, 9.17) is 26.1 Å². The summed E-state index contributed by atoms with van der Waals surface area (Å²) in [6, 6.07) is 7.41. The monoisotopic (exact) mass is 436 g/mol. The zero-order chi connectivity index (χ0) is 21.3. The van der Waals surface area contributed by atoms with Crippen molar-refractivity contribution in [2.45, 2.75) is 32.8 Å². The number of halogens is 1. The van der Waals surface area contributed by atoms with Gasteiger partial charge in [0.05, 0.1) is 19.8 Å². The molecule has 0 aliphatic carbocycles. The van der Waals surface area contributed by atoms with Gasteiger partial charge in [-0.05, 0) is 44.9 Å². The number of amides is 1. The number of guanidine groups is 1. The maximum absolute atomic E-state index is 12.7. The molecule has 2 heterocycles. The smallest absolute Gasteiger partial charge is 0.225 e. The highest BCUT2D eigenvalue weighted by molar-refractivity contribution is 6.30. The van der Waals surface area contributed by atoms with Crippen LogP contribution in [0.25, 0.3) is 0 Å². The van der Waals surface area contributed by atoms with E-state index in [2.05, 4.69) is 17.1 Å². The van der Waals surface area contributed by atoms with E-state index in [-0.39, 0.29) is 17.9 Å². The molecule has 8 heteroatoms. The van der Waals surface area contributed by atoms with Crippen molar-refractivity contribution in [1.82, 2.24) is 15.1 Å². The van der Waals surface area contributed by atoms with Gasteiger partial charge in [-0.3, -0.25) is 4.79 Å². The van der Waals surface area contributed by atoms with E-state index in [0.717, 1.165) is 44.2 Å². The number of rotatable bonds is 6. The average molecular weight is 437 g/mol. The van der Waals surface area contributed by atoms with Crippen molar-refractivity contribution < 1.29 is 14.3 Å². The van der Waals surface area contributed by atoms with Crippen molar-refractivity contribution in [3.63, 3.8) is 0 Å². The fraction of sp³-hybridized carbons (Fsp3) is 0.636. The first-order chi connectivity index (χ1) is 14.6. The standard InChI is InChI=1S/C22H33ClN4O3/c1-3-24-22(25-16-17(2)30-20-6-4-5-19(23)15-20)27-9-7-18(8-10-27)21(28)26-11-13-29-14-12-26/h4-6,15,17-18H,3,7-14,16H2,1-2H3,(H,24,25). The first-order valence-electron chi connectivity index (χ1n) is 10.9. The number of morpholine rings is 1. The Hall–Kier alpha value is -1.99. The molecule has 3 rings (SSSR count). The van der Waals surface area contributed by atoms with Crippen molar-refractivity contribution in [3.8, 4) is 5.75 Å². The molecule has 1 aromatic carbocycles. The summed E-state index contributed by atoms with van der Waals surface area (Å²) in [6.45, 7) is 9.80. The molecule has 1 unspecified atom stereocenters. The van der Waals surface area contributed by atoms with Crippen LogP contribution < -0.4 is 10.1 Å². The number of nitrogens with one attached hydrogen (secondary N) is 1. The Bertz CT molecular complexity index is 716. The molecule has 30 heavy (non-hydrogen) atoms. The van der Waals surface area contributed by atoms with E-state index in [1.165, 1.54) is 0 Å². The third-order valence-corrected chi connectivity index (χ3v) is 5.67. The number of hydrogen-bond donors (Lipinski definition) is 1. The quantitative estimate of drug-likeness (QED) is 0.548. The molecule has 0 radical (unpaired) electrons. The van der Waals surface area contributed by atoms with Gasteiger partial charge >= 0.3 is 0 Å². The molecular weight excluding hydrogens is 404 g/mol. The molecule has 2 saturated heterocycles. The first-order valence-corrected chi connectivity index (χ1v) is 11.3. The Morgan fingerprint density at radius 1 is 1.27 bits per heavy atom. The molecule has 2 aliphatic rings. The molecule has 1 N–H and O–H groups in total. The lowest BCUT2D eigenvalue weighted by Gasteiger charge is -2.36. The fourth-order valence-corrected chi connectivity index (χ4v) is 4.01.